The lowest BCUT2D eigenvalue weighted by Crippen LogP contribution is -2.02. The highest BCUT2D eigenvalue weighted by Gasteiger charge is 2.15. The van der Waals surface area contributed by atoms with Gasteiger partial charge in [-0.3, -0.25) is 4.79 Å². The van der Waals surface area contributed by atoms with Crippen LogP contribution >= 0.6 is 0 Å². The van der Waals surface area contributed by atoms with E-state index in [1.165, 1.54) is 11.1 Å². The maximum atomic E-state index is 14.4. The summed E-state index contributed by atoms with van der Waals surface area (Å²) in [6, 6.07) is 56.7. The molecular weight excluding hydrogens is 621 g/mol. The summed E-state index contributed by atoms with van der Waals surface area (Å²) in [5.74, 6) is 0. The van der Waals surface area contributed by atoms with Crippen molar-refractivity contribution in [2.75, 3.05) is 0 Å². The maximum absolute atomic E-state index is 14.4. The molecular formula is C49H34O2. The Labute approximate surface area is 297 Å². The second kappa shape index (κ2) is 13.1. The lowest BCUT2D eigenvalue weighted by Gasteiger charge is -2.15. The first-order valence-corrected chi connectivity index (χ1v) is 17.5. The molecule has 0 bridgehead atoms. The third kappa shape index (κ3) is 6.02. The molecule has 2 heteroatoms. The summed E-state index contributed by atoms with van der Waals surface area (Å²) in [6.45, 7) is 0. The van der Waals surface area contributed by atoms with Crippen LogP contribution in [0.15, 0.2) is 191 Å². The van der Waals surface area contributed by atoms with Crippen molar-refractivity contribution in [1.29, 1.82) is 0 Å². The third-order valence-electron chi connectivity index (χ3n) is 9.91. The minimum Gasteiger partial charge on any atom is -0.456 e. The molecule has 0 saturated heterocycles. The van der Waals surface area contributed by atoms with E-state index < -0.39 is 0 Å². The third-order valence-corrected chi connectivity index (χ3v) is 9.91. The quantitative estimate of drug-likeness (QED) is 0.167. The first-order chi connectivity index (χ1) is 25.2. The molecule has 0 amide bonds. The van der Waals surface area contributed by atoms with Gasteiger partial charge < -0.3 is 4.42 Å². The average Bonchev–Trinajstić information content (AvgIpc) is 3.22. The van der Waals surface area contributed by atoms with Crippen LogP contribution in [0.3, 0.4) is 0 Å². The van der Waals surface area contributed by atoms with Crippen molar-refractivity contribution < 1.29 is 4.42 Å². The van der Waals surface area contributed by atoms with Gasteiger partial charge in [0.15, 0.2) is 0 Å². The molecule has 242 valence electrons. The molecule has 0 fully saturated rings. The highest BCUT2D eigenvalue weighted by atomic mass is 16.3. The number of rotatable bonds is 6. The summed E-state index contributed by atoms with van der Waals surface area (Å²) in [4.78, 5) is 14.4. The zero-order valence-corrected chi connectivity index (χ0v) is 28.1. The number of benzene rings is 7. The monoisotopic (exact) mass is 654 g/mol. The summed E-state index contributed by atoms with van der Waals surface area (Å²) in [5.41, 5.74) is 14.6. The molecule has 0 aliphatic heterocycles. The van der Waals surface area contributed by atoms with Gasteiger partial charge in [-0.05, 0) is 140 Å². The van der Waals surface area contributed by atoms with Crippen LogP contribution in [-0.4, -0.2) is 0 Å². The topological polar surface area (TPSA) is 30.2 Å². The van der Waals surface area contributed by atoms with Gasteiger partial charge in [0.25, 0.3) is 0 Å². The van der Waals surface area contributed by atoms with Crippen LogP contribution in [0, 0.1) is 0 Å². The van der Waals surface area contributed by atoms with Gasteiger partial charge in [-0.1, -0.05) is 121 Å². The Hall–Kier alpha value is -6.51. The van der Waals surface area contributed by atoms with Crippen LogP contribution in [0.2, 0.25) is 0 Å². The van der Waals surface area contributed by atoms with Crippen LogP contribution < -0.4 is 5.43 Å². The fourth-order valence-corrected chi connectivity index (χ4v) is 7.22. The summed E-state index contributed by atoms with van der Waals surface area (Å²) in [5, 5.41) is 1.15. The molecule has 0 saturated carbocycles. The Morgan fingerprint density at radius 1 is 0.392 bits per heavy atom. The molecule has 1 aromatic heterocycles. The molecule has 1 heterocycles. The van der Waals surface area contributed by atoms with E-state index in [1.807, 2.05) is 42.5 Å². The Morgan fingerprint density at radius 2 is 0.804 bits per heavy atom. The summed E-state index contributed by atoms with van der Waals surface area (Å²) in [6.07, 6.45) is 8.62. The highest BCUT2D eigenvalue weighted by molar-refractivity contribution is 5.95. The Bertz CT molecular complexity index is 2620. The van der Waals surface area contributed by atoms with Crippen LogP contribution in [0.4, 0.5) is 0 Å². The van der Waals surface area contributed by atoms with Gasteiger partial charge in [-0.25, -0.2) is 0 Å². The number of allylic oxidation sites excluding steroid dienone is 4. The average molecular weight is 655 g/mol. The summed E-state index contributed by atoms with van der Waals surface area (Å²) < 4.78 is 6.39. The first-order valence-electron chi connectivity index (χ1n) is 17.5. The van der Waals surface area contributed by atoms with Gasteiger partial charge >= 0.3 is 0 Å². The van der Waals surface area contributed by atoms with Crippen molar-refractivity contribution in [3.05, 3.63) is 198 Å². The van der Waals surface area contributed by atoms with Crippen molar-refractivity contribution >= 4 is 27.5 Å². The van der Waals surface area contributed by atoms with E-state index in [0.29, 0.717) is 21.9 Å². The Balaban J connectivity index is 1.18. The molecule has 1 aliphatic carbocycles. The van der Waals surface area contributed by atoms with E-state index in [2.05, 4.69) is 140 Å². The lowest BCUT2D eigenvalue weighted by molar-refractivity contribution is 0.660. The second-order valence-corrected chi connectivity index (χ2v) is 13.2. The normalized spacial score (nSPS) is 12.7. The van der Waals surface area contributed by atoms with E-state index in [0.717, 1.165) is 68.5 Å². The van der Waals surface area contributed by atoms with Crippen LogP contribution in [-0.2, 0) is 0 Å². The van der Waals surface area contributed by atoms with Gasteiger partial charge in [-0.15, -0.1) is 0 Å². The largest absolute Gasteiger partial charge is 0.456 e. The lowest BCUT2D eigenvalue weighted by atomic mass is 9.90. The molecule has 9 rings (SSSR count). The number of hydrogen-bond acceptors (Lipinski definition) is 2. The minimum absolute atomic E-state index is 0.0305. The SMILES string of the molecule is O=c1c2cc(-c3cc(C4=CC=CCC4)cc(-c4ccccc4)c3)ccc2oc2ccc(-c3cc(-c4ccccc4)cc(-c4ccccc4)c3)cc12. The molecule has 0 unspecified atom stereocenters. The minimum atomic E-state index is -0.0305. The zero-order valence-electron chi connectivity index (χ0n) is 28.1. The second-order valence-electron chi connectivity index (χ2n) is 13.2. The molecule has 51 heavy (non-hydrogen) atoms. The van der Waals surface area contributed by atoms with Crippen LogP contribution in [0.25, 0.3) is 83.1 Å². The molecule has 0 N–H and O–H groups in total. The molecule has 1 aliphatic rings. The van der Waals surface area contributed by atoms with Gasteiger partial charge in [0.1, 0.15) is 11.2 Å². The molecule has 0 atom stereocenters. The zero-order chi connectivity index (χ0) is 34.1. The van der Waals surface area contributed by atoms with E-state index in [1.54, 1.807) is 0 Å². The molecule has 0 spiro atoms. The summed E-state index contributed by atoms with van der Waals surface area (Å²) >= 11 is 0. The smallest absolute Gasteiger partial charge is 0.200 e. The van der Waals surface area contributed by atoms with E-state index in [-0.39, 0.29) is 5.43 Å². The Morgan fingerprint density at radius 3 is 1.22 bits per heavy atom. The molecule has 0 radical (unpaired) electrons. The van der Waals surface area contributed by atoms with Crippen molar-refractivity contribution in [2.24, 2.45) is 0 Å². The van der Waals surface area contributed by atoms with E-state index >= 15 is 0 Å². The fourth-order valence-electron chi connectivity index (χ4n) is 7.22. The number of fused-ring (bicyclic) bond motifs is 2. The van der Waals surface area contributed by atoms with Gasteiger partial charge in [0.2, 0.25) is 5.43 Å². The first kappa shape index (κ1) is 30.5. The van der Waals surface area contributed by atoms with Gasteiger partial charge in [0, 0.05) is 0 Å². The van der Waals surface area contributed by atoms with Crippen LogP contribution in [0.1, 0.15) is 18.4 Å². The van der Waals surface area contributed by atoms with E-state index in [4.69, 9.17) is 4.42 Å². The van der Waals surface area contributed by atoms with Gasteiger partial charge in [-0.2, -0.15) is 0 Å². The molecule has 2 nitrogen and oxygen atoms in total. The van der Waals surface area contributed by atoms with E-state index in [9.17, 15) is 4.79 Å². The standard InChI is InChI=1S/C49H34O2/c50-49-45-31-37(43-27-39(33-13-5-1-6-14-33)25-40(28-43)34-15-7-2-8-16-34)21-23-47(45)51-48-24-22-38(32-46(48)49)44-29-41(35-17-9-3-10-18-35)26-42(30-44)36-19-11-4-12-20-36/h1-11,13-19,21-32H,12,20H2. The predicted octanol–water partition coefficient (Wildman–Crippen LogP) is 13.0. The summed E-state index contributed by atoms with van der Waals surface area (Å²) in [7, 11) is 0. The maximum Gasteiger partial charge on any atom is 0.200 e. The Kier molecular flexibility index (Phi) is 7.83. The molecule has 7 aromatic carbocycles. The number of hydrogen-bond donors (Lipinski definition) is 0. The molecule has 8 aromatic rings. The van der Waals surface area contributed by atoms with Crippen molar-refractivity contribution in [1.82, 2.24) is 0 Å². The van der Waals surface area contributed by atoms with Gasteiger partial charge in [0.05, 0.1) is 10.8 Å². The predicted molar refractivity (Wildman–Crippen MR) is 214 cm³/mol. The van der Waals surface area contributed by atoms with Crippen molar-refractivity contribution in [2.45, 2.75) is 12.8 Å². The fraction of sp³-hybridized carbons (Fsp3) is 0.0408. The van der Waals surface area contributed by atoms with Crippen LogP contribution in [0.5, 0.6) is 0 Å². The highest BCUT2D eigenvalue weighted by Crippen LogP contribution is 2.36. The van der Waals surface area contributed by atoms with Crippen molar-refractivity contribution in [3.63, 3.8) is 0 Å². The van der Waals surface area contributed by atoms with Crippen molar-refractivity contribution in [3.8, 4) is 55.6 Å².